The molecular weight excluding hydrogens is 510 g/mol. The number of alkyl carbamates (subject to hydrolysis) is 1. The number of hydrogen-bond donors (Lipinski definition) is 3. The van der Waals surface area contributed by atoms with Gasteiger partial charge in [0.1, 0.15) is 17.7 Å². The lowest BCUT2D eigenvalue weighted by molar-refractivity contribution is -0.142. The second-order valence-electron chi connectivity index (χ2n) is 11.3. The maximum absolute atomic E-state index is 14.0. The van der Waals surface area contributed by atoms with Gasteiger partial charge in [-0.3, -0.25) is 9.59 Å². The van der Waals surface area contributed by atoms with Crippen LogP contribution in [0.5, 0.6) is 0 Å². The molecule has 0 saturated heterocycles. The molecule has 39 heavy (non-hydrogen) atoms. The van der Waals surface area contributed by atoms with Crippen LogP contribution < -0.4 is 10.6 Å². The summed E-state index contributed by atoms with van der Waals surface area (Å²) < 4.78 is 5.39. The summed E-state index contributed by atoms with van der Waals surface area (Å²) >= 11 is 4.37. The number of thiol groups is 1. The van der Waals surface area contributed by atoms with Crippen molar-refractivity contribution in [2.75, 3.05) is 12.3 Å². The largest absolute Gasteiger partial charge is 0.444 e. The molecule has 0 heterocycles. The van der Waals surface area contributed by atoms with E-state index in [0.717, 1.165) is 57.8 Å². The lowest BCUT2D eigenvalue weighted by atomic mass is 9.94. The quantitative estimate of drug-likeness (QED) is 0.163. The van der Waals surface area contributed by atoms with Gasteiger partial charge in [0.05, 0.1) is 0 Å². The van der Waals surface area contributed by atoms with Crippen LogP contribution in [-0.2, 0) is 14.3 Å². The molecule has 3 amide bonds. The van der Waals surface area contributed by atoms with E-state index >= 15 is 0 Å². The Morgan fingerprint density at radius 3 is 2.28 bits per heavy atom. The van der Waals surface area contributed by atoms with Crippen LogP contribution in [0.3, 0.4) is 0 Å². The molecule has 8 heteroatoms. The van der Waals surface area contributed by atoms with Crippen LogP contribution in [0.2, 0.25) is 0 Å². The zero-order valence-corrected chi connectivity index (χ0v) is 25.0. The molecule has 0 spiro atoms. The molecule has 1 aromatic rings. The van der Waals surface area contributed by atoms with E-state index in [9.17, 15) is 14.4 Å². The van der Waals surface area contributed by atoms with E-state index in [-0.39, 0.29) is 23.6 Å². The van der Waals surface area contributed by atoms with Crippen LogP contribution >= 0.6 is 12.6 Å². The van der Waals surface area contributed by atoms with Gasteiger partial charge < -0.3 is 20.3 Å². The number of nitrogens with one attached hydrogen (secondary N) is 2. The summed E-state index contributed by atoms with van der Waals surface area (Å²) in [7, 11) is 0. The molecule has 2 atom stereocenters. The van der Waals surface area contributed by atoms with Crippen molar-refractivity contribution in [2.45, 2.75) is 116 Å². The van der Waals surface area contributed by atoms with Crippen molar-refractivity contribution in [3.05, 3.63) is 35.4 Å². The minimum absolute atomic E-state index is 0.0669. The van der Waals surface area contributed by atoms with Gasteiger partial charge in [0, 0.05) is 23.9 Å². The van der Waals surface area contributed by atoms with Gasteiger partial charge in [-0.2, -0.15) is 12.6 Å². The van der Waals surface area contributed by atoms with E-state index in [1.165, 1.54) is 6.42 Å². The highest BCUT2D eigenvalue weighted by Gasteiger charge is 2.36. The predicted molar refractivity (Wildman–Crippen MR) is 160 cm³/mol. The van der Waals surface area contributed by atoms with Gasteiger partial charge in [-0.25, -0.2) is 4.79 Å². The maximum atomic E-state index is 14.0. The number of unbranched alkanes of at least 4 members (excludes halogenated alkanes) is 4. The summed E-state index contributed by atoms with van der Waals surface area (Å²) in [5.41, 5.74) is 0.663. The van der Waals surface area contributed by atoms with Gasteiger partial charge in [0.2, 0.25) is 11.8 Å². The predicted octanol–water partition coefficient (Wildman–Crippen LogP) is 5.78. The van der Waals surface area contributed by atoms with Gasteiger partial charge >= 0.3 is 6.09 Å². The number of terminal acetylenes is 1. The fourth-order valence-corrected chi connectivity index (χ4v) is 5.10. The van der Waals surface area contributed by atoms with Crippen LogP contribution in [0.4, 0.5) is 4.79 Å². The highest BCUT2D eigenvalue weighted by atomic mass is 32.1. The Balaban J connectivity index is 2.40. The molecule has 1 aromatic carbocycles. The van der Waals surface area contributed by atoms with Crippen LogP contribution in [0, 0.1) is 12.3 Å². The average Bonchev–Trinajstić information content (AvgIpc) is 2.90. The summed E-state index contributed by atoms with van der Waals surface area (Å²) in [6.07, 6.45) is 15.0. The monoisotopic (exact) mass is 557 g/mol. The Bertz CT molecular complexity index is 962. The smallest absolute Gasteiger partial charge is 0.408 e. The molecule has 216 valence electrons. The second-order valence-corrected chi connectivity index (χ2v) is 11.7. The number of hydrogen-bond acceptors (Lipinski definition) is 5. The van der Waals surface area contributed by atoms with Crippen LogP contribution in [0.1, 0.15) is 109 Å². The number of rotatable bonds is 13. The van der Waals surface area contributed by atoms with Crippen molar-refractivity contribution in [2.24, 2.45) is 0 Å². The topological polar surface area (TPSA) is 87.7 Å². The zero-order valence-electron chi connectivity index (χ0n) is 24.1. The zero-order chi connectivity index (χ0) is 28.8. The molecular formula is C31H47N3O4S. The van der Waals surface area contributed by atoms with Crippen molar-refractivity contribution < 1.29 is 19.1 Å². The third-order valence-electron chi connectivity index (χ3n) is 6.86. The van der Waals surface area contributed by atoms with E-state index < -0.39 is 23.8 Å². The Kier molecular flexibility index (Phi) is 13.7. The SMILES string of the molecule is C#Cc1ccc(C(C(=O)NC2CCCCC2)N(CCCCCCC)C(=O)C(CS)NC(=O)OC(C)(C)C)cc1. The molecule has 2 unspecified atom stereocenters. The fourth-order valence-electron chi connectivity index (χ4n) is 4.85. The summed E-state index contributed by atoms with van der Waals surface area (Å²) in [5, 5.41) is 5.89. The third-order valence-corrected chi connectivity index (χ3v) is 7.23. The first-order valence-electron chi connectivity index (χ1n) is 14.4. The van der Waals surface area contributed by atoms with Gasteiger partial charge in [0.15, 0.2) is 0 Å². The minimum Gasteiger partial charge on any atom is -0.444 e. The van der Waals surface area contributed by atoms with Crippen molar-refractivity contribution >= 4 is 30.5 Å². The molecule has 1 aliphatic rings. The Morgan fingerprint density at radius 1 is 1.08 bits per heavy atom. The third kappa shape index (κ3) is 11.2. The molecule has 1 saturated carbocycles. The number of ether oxygens (including phenoxy) is 1. The molecule has 1 fully saturated rings. The van der Waals surface area contributed by atoms with Crippen LogP contribution in [0.15, 0.2) is 24.3 Å². The molecule has 0 radical (unpaired) electrons. The standard InChI is InChI=1S/C31H47N3O4S/c1-6-8-9-10-14-21-34(29(36)26(22-39)33-30(37)38-31(3,4)5)27(24-19-17-23(7-2)18-20-24)28(35)32-25-15-12-11-13-16-25/h2,17-20,25-27,39H,6,8-16,21-22H2,1,3-5H3,(H,32,35)(H,33,37). The molecule has 0 aromatic heterocycles. The van der Waals surface area contributed by atoms with Crippen LogP contribution in [-0.4, -0.2) is 52.8 Å². The highest BCUT2D eigenvalue weighted by Crippen LogP contribution is 2.26. The number of nitrogens with zero attached hydrogens (tertiary/aromatic N) is 1. The minimum atomic E-state index is -0.950. The van der Waals surface area contributed by atoms with E-state index in [2.05, 4.69) is 36.1 Å². The highest BCUT2D eigenvalue weighted by molar-refractivity contribution is 7.80. The van der Waals surface area contributed by atoms with Gasteiger partial charge in [0.25, 0.3) is 0 Å². The Morgan fingerprint density at radius 2 is 1.72 bits per heavy atom. The molecule has 7 nitrogen and oxygen atoms in total. The summed E-state index contributed by atoms with van der Waals surface area (Å²) in [5.74, 6) is 2.10. The van der Waals surface area contributed by atoms with Crippen LogP contribution in [0.25, 0.3) is 0 Å². The molecule has 1 aliphatic carbocycles. The average molecular weight is 558 g/mol. The molecule has 0 bridgehead atoms. The first-order chi connectivity index (χ1) is 18.6. The normalized spacial score (nSPS) is 15.5. The lowest BCUT2D eigenvalue weighted by Crippen LogP contribution is -2.54. The van der Waals surface area contributed by atoms with E-state index in [0.29, 0.717) is 17.7 Å². The number of carbonyl (C=O) groups excluding carboxylic acids is 3. The van der Waals surface area contributed by atoms with E-state index in [1.807, 2.05) is 12.1 Å². The van der Waals surface area contributed by atoms with Gasteiger partial charge in [-0.1, -0.05) is 69.9 Å². The summed E-state index contributed by atoms with van der Waals surface area (Å²) in [6, 6.07) is 5.48. The van der Waals surface area contributed by atoms with Gasteiger partial charge in [-0.15, -0.1) is 6.42 Å². The summed E-state index contributed by atoms with van der Waals surface area (Å²) in [4.78, 5) is 42.1. The number of amides is 3. The Labute approximate surface area is 240 Å². The van der Waals surface area contributed by atoms with Crippen molar-refractivity contribution in [1.82, 2.24) is 15.5 Å². The molecule has 0 aliphatic heterocycles. The Hall–Kier alpha value is -2.66. The summed E-state index contributed by atoms with van der Waals surface area (Å²) in [6.45, 7) is 7.82. The second kappa shape index (κ2) is 16.4. The fraction of sp³-hybridized carbons (Fsp3) is 0.645. The lowest BCUT2D eigenvalue weighted by Gasteiger charge is -2.35. The molecule has 2 N–H and O–H groups in total. The number of carbonyl (C=O) groups is 3. The van der Waals surface area contributed by atoms with Crippen molar-refractivity contribution in [1.29, 1.82) is 0 Å². The molecule has 2 rings (SSSR count). The first-order valence-corrected chi connectivity index (χ1v) is 15.0. The van der Waals surface area contributed by atoms with Crippen molar-refractivity contribution in [3.63, 3.8) is 0 Å². The first kappa shape index (κ1) is 32.6. The van der Waals surface area contributed by atoms with Gasteiger partial charge in [-0.05, 0) is 57.7 Å². The maximum Gasteiger partial charge on any atom is 0.408 e. The van der Waals surface area contributed by atoms with Crippen molar-refractivity contribution in [3.8, 4) is 12.3 Å². The van der Waals surface area contributed by atoms with E-state index in [4.69, 9.17) is 11.2 Å². The number of benzene rings is 1. The van der Waals surface area contributed by atoms with E-state index in [1.54, 1.807) is 37.8 Å².